The van der Waals surface area contributed by atoms with E-state index in [1.165, 1.54) is 11.1 Å². The fourth-order valence-electron chi connectivity index (χ4n) is 2.73. The van der Waals surface area contributed by atoms with Crippen LogP contribution < -0.4 is 15.2 Å². The molecule has 2 aromatic carbocycles. The number of nitrogens with two attached hydrogens (primary N) is 1. The van der Waals surface area contributed by atoms with Crippen molar-refractivity contribution < 1.29 is 9.47 Å². The topological polar surface area (TPSA) is 44.5 Å². The van der Waals surface area contributed by atoms with Crippen molar-refractivity contribution in [3.8, 4) is 11.5 Å². The predicted molar refractivity (Wildman–Crippen MR) is 90.8 cm³/mol. The molecule has 0 aromatic heterocycles. The monoisotopic (exact) mass is 299 g/mol. The van der Waals surface area contributed by atoms with E-state index in [-0.39, 0.29) is 5.41 Å². The highest BCUT2D eigenvalue weighted by Gasteiger charge is 2.27. The minimum absolute atomic E-state index is 0.131. The average molecular weight is 299 g/mol. The molecule has 0 aliphatic rings. The highest BCUT2D eigenvalue weighted by Crippen LogP contribution is 2.33. The first-order valence-corrected chi connectivity index (χ1v) is 7.50. The van der Waals surface area contributed by atoms with Crippen LogP contribution in [-0.4, -0.2) is 20.8 Å². The van der Waals surface area contributed by atoms with E-state index in [9.17, 15) is 0 Å². The van der Waals surface area contributed by atoms with E-state index in [0.29, 0.717) is 6.54 Å². The van der Waals surface area contributed by atoms with Gasteiger partial charge in [-0.3, -0.25) is 0 Å². The van der Waals surface area contributed by atoms with Gasteiger partial charge in [0.2, 0.25) is 0 Å². The molecule has 2 rings (SSSR count). The molecule has 0 radical (unpaired) electrons. The van der Waals surface area contributed by atoms with Crippen LogP contribution in [0, 0.1) is 6.92 Å². The van der Waals surface area contributed by atoms with Gasteiger partial charge in [-0.2, -0.15) is 0 Å². The molecule has 0 heterocycles. The number of hydrogen-bond acceptors (Lipinski definition) is 3. The van der Waals surface area contributed by atoms with Gasteiger partial charge in [-0.1, -0.05) is 42.8 Å². The molecule has 0 aliphatic carbocycles. The molecule has 0 saturated heterocycles. The number of ether oxygens (including phenoxy) is 2. The van der Waals surface area contributed by atoms with Crippen LogP contribution in [0.5, 0.6) is 11.5 Å². The van der Waals surface area contributed by atoms with Gasteiger partial charge >= 0.3 is 0 Å². The van der Waals surface area contributed by atoms with E-state index in [1.54, 1.807) is 14.2 Å². The van der Waals surface area contributed by atoms with Crippen molar-refractivity contribution in [1.29, 1.82) is 0 Å². The van der Waals surface area contributed by atoms with Gasteiger partial charge < -0.3 is 15.2 Å². The maximum absolute atomic E-state index is 6.12. The van der Waals surface area contributed by atoms with Crippen molar-refractivity contribution in [3.05, 3.63) is 59.2 Å². The summed E-state index contributed by atoms with van der Waals surface area (Å²) in [6.45, 7) is 4.88. The summed E-state index contributed by atoms with van der Waals surface area (Å²) < 4.78 is 10.8. The number of rotatable bonds is 6. The van der Waals surface area contributed by atoms with Crippen molar-refractivity contribution in [1.82, 2.24) is 0 Å². The first-order chi connectivity index (χ1) is 10.5. The third kappa shape index (κ3) is 3.42. The molecule has 0 amide bonds. The van der Waals surface area contributed by atoms with Gasteiger partial charge in [0.25, 0.3) is 0 Å². The lowest BCUT2D eigenvalue weighted by Crippen LogP contribution is -2.34. The van der Waals surface area contributed by atoms with Crippen molar-refractivity contribution >= 4 is 0 Å². The Hall–Kier alpha value is -2.00. The lowest BCUT2D eigenvalue weighted by molar-refractivity contribution is 0.384. The minimum Gasteiger partial charge on any atom is -0.497 e. The highest BCUT2D eigenvalue weighted by molar-refractivity contribution is 5.43. The zero-order valence-electron chi connectivity index (χ0n) is 13.8. The van der Waals surface area contributed by atoms with Crippen molar-refractivity contribution in [2.24, 2.45) is 5.73 Å². The molecule has 0 bridgehead atoms. The summed E-state index contributed by atoms with van der Waals surface area (Å²) in [5.74, 6) is 1.64. The molecule has 0 spiro atoms. The fraction of sp³-hybridized carbons (Fsp3) is 0.368. The molecule has 0 aliphatic heterocycles. The van der Waals surface area contributed by atoms with Gasteiger partial charge in [0.05, 0.1) is 14.2 Å². The van der Waals surface area contributed by atoms with Crippen molar-refractivity contribution in [2.75, 3.05) is 20.8 Å². The largest absolute Gasteiger partial charge is 0.497 e. The molecule has 0 saturated carbocycles. The van der Waals surface area contributed by atoms with Gasteiger partial charge in [0.1, 0.15) is 11.5 Å². The highest BCUT2D eigenvalue weighted by atomic mass is 16.5. The van der Waals surface area contributed by atoms with Gasteiger partial charge in [-0.25, -0.2) is 0 Å². The van der Waals surface area contributed by atoms with Crippen LogP contribution in [0.2, 0.25) is 0 Å². The Kier molecular flexibility index (Phi) is 5.09. The second-order valence-corrected chi connectivity index (χ2v) is 5.99. The molecular weight excluding hydrogens is 274 g/mol. The molecule has 3 heteroatoms. The normalized spacial score (nSPS) is 13.5. The Morgan fingerprint density at radius 3 is 2.41 bits per heavy atom. The maximum Gasteiger partial charge on any atom is 0.125 e. The smallest absolute Gasteiger partial charge is 0.125 e. The third-order valence-corrected chi connectivity index (χ3v) is 4.24. The number of methoxy groups -OCH3 is 2. The quantitative estimate of drug-likeness (QED) is 0.888. The SMILES string of the molecule is COc1ccc(CC(C)(CN)c2cccc(C)c2)c(OC)c1. The van der Waals surface area contributed by atoms with E-state index in [4.69, 9.17) is 15.2 Å². The second-order valence-electron chi connectivity index (χ2n) is 5.99. The number of aryl methyl sites for hydroxylation is 1. The van der Waals surface area contributed by atoms with E-state index in [0.717, 1.165) is 23.5 Å². The van der Waals surface area contributed by atoms with Crippen LogP contribution in [0.15, 0.2) is 42.5 Å². The summed E-state index contributed by atoms with van der Waals surface area (Å²) >= 11 is 0. The number of hydrogen-bond donors (Lipinski definition) is 1. The van der Waals surface area contributed by atoms with Gasteiger partial charge in [0, 0.05) is 18.0 Å². The molecule has 3 nitrogen and oxygen atoms in total. The Labute approximate surface area is 133 Å². The molecule has 1 atom stereocenters. The van der Waals surface area contributed by atoms with Crippen LogP contribution >= 0.6 is 0 Å². The predicted octanol–water partition coefficient (Wildman–Crippen LogP) is 3.47. The Morgan fingerprint density at radius 1 is 1.05 bits per heavy atom. The second kappa shape index (κ2) is 6.84. The van der Waals surface area contributed by atoms with Crippen molar-refractivity contribution in [2.45, 2.75) is 25.7 Å². The Balaban J connectivity index is 2.37. The summed E-state index contributed by atoms with van der Waals surface area (Å²) in [6, 6.07) is 14.5. The third-order valence-electron chi connectivity index (χ3n) is 4.24. The molecule has 2 N–H and O–H groups in total. The first kappa shape index (κ1) is 16.4. The van der Waals surface area contributed by atoms with Crippen LogP contribution in [0.25, 0.3) is 0 Å². The van der Waals surface area contributed by atoms with Crippen molar-refractivity contribution in [3.63, 3.8) is 0 Å². The molecule has 118 valence electrons. The summed E-state index contributed by atoms with van der Waals surface area (Å²) in [4.78, 5) is 0. The van der Waals surface area contributed by atoms with E-state index < -0.39 is 0 Å². The zero-order valence-corrected chi connectivity index (χ0v) is 13.8. The molecule has 2 aromatic rings. The molecule has 0 fully saturated rings. The lowest BCUT2D eigenvalue weighted by Gasteiger charge is -2.30. The summed E-state index contributed by atoms with van der Waals surface area (Å²) in [5.41, 5.74) is 9.63. The van der Waals surface area contributed by atoms with Crippen LogP contribution in [-0.2, 0) is 11.8 Å². The van der Waals surface area contributed by atoms with Crippen LogP contribution in [0.3, 0.4) is 0 Å². The maximum atomic E-state index is 6.12. The zero-order chi connectivity index (χ0) is 16.2. The summed E-state index contributed by atoms with van der Waals surface area (Å²) in [5, 5.41) is 0. The summed E-state index contributed by atoms with van der Waals surface area (Å²) in [6.07, 6.45) is 0.820. The lowest BCUT2D eigenvalue weighted by atomic mass is 9.77. The first-order valence-electron chi connectivity index (χ1n) is 7.50. The van der Waals surface area contributed by atoms with Crippen LogP contribution in [0.1, 0.15) is 23.6 Å². The standard InChI is InChI=1S/C19H25NO2/c1-14-6-5-7-16(10-14)19(2,13-20)12-15-8-9-17(21-3)11-18(15)22-4/h5-11H,12-13,20H2,1-4H3. The number of benzene rings is 2. The summed E-state index contributed by atoms with van der Waals surface area (Å²) in [7, 11) is 3.34. The molecular formula is C19H25NO2. The van der Waals surface area contributed by atoms with E-state index in [2.05, 4.69) is 44.2 Å². The van der Waals surface area contributed by atoms with Gasteiger partial charge in [0.15, 0.2) is 0 Å². The van der Waals surface area contributed by atoms with Gasteiger partial charge in [-0.15, -0.1) is 0 Å². The molecule has 1 unspecified atom stereocenters. The fourth-order valence-corrected chi connectivity index (χ4v) is 2.73. The van der Waals surface area contributed by atoms with Crippen LogP contribution in [0.4, 0.5) is 0 Å². The average Bonchev–Trinajstić information content (AvgIpc) is 2.55. The van der Waals surface area contributed by atoms with E-state index >= 15 is 0 Å². The minimum atomic E-state index is -0.131. The van der Waals surface area contributed by atoms with E-state index in [1.807, 2.05) is 12.1 Å². The Bertz CT molecular complexity index is 639. The molecule has 22 heavy (non-hydrogen) atoms. The Morgan fingerprint density at radius 2 is 1.82 bits per heavy atom. The van der Waals surface area contributed by atoms with Gasteiger partial charge in [-0.05, 0) is 30.5 Å².